The van der Waals surface area contributed by atoms with Gasteiger partial charge >= 0.3 is 0 Å². The Hall–Kier alpha value is -1.81. The molecule has 1 aromatic carbocycles. The summed E-state index contributed by atoms with van der Waals surface area (Å²) in [5.41, 5.74) is 7.62. The average Bonchev–Trinajstić information content (AvgIpc) is 3.12. The molecular formula is C17H22N4O3S2. The highest BCUT2D eigenvalue weighted by atomic mass is 32.2. The summed E-state index contributed by atoms with van der Waals surface area (Å²) in [6, 6.07) is 4.58. The van der Waals surface area contributed by atoms with Crippen molar-refractivity contribution in [2.24, 2.45) is 5.73 Å². The lowest BCUT2D eigenvalue weighted by Gasteiger charge is -2.30. The maximum atomic E-state index is 12.9. The Bertz CT molecular complexity index is 895. The minimum absolute atomic E-state index is 0.121. The predicted molar refractivity (Wildman–Crippen MR) is 100.0 cm³/mol. The third kappa shape index (κ3) is 3.80. The summed E-state index contributed by atoms with van der Waals surface area (Å²) in [5.74, 6) is -0.121. The zero-order valence-corrected chi connectivity index (χ0v) is 16.4. The second kappa shape index (κ2) is 7.43. The maximum Gasteiger partial charge on any atom is 0.243 e. The van der Waals surface area contributed by atoms with Gasteiger partial charge in [-0.05, 0) is 36.6 Å². The molecule has 140 valence electrons. The predicted octanol–water partition coefficient (Wildman–Crippen LogP) is 1.20. The van der Waals surface area contributed by atoms with E-state index < -0.39 is 16.1 Å². The van der Waals surface area contributed by atoms with E-state index in [0.29, 0.717) is 19.5 Å². The number of nitrogens with zero attached hydrogens (tertiary/aromatic N) is 3. The molecule has 1 atom stereocenters. The Morgan fingerprint density at radius 3 is 2.85 bits per heavy atom. The van der Waals surface area contributed by atoms with Gasteiger partial charge in [-0.25, -0.2) is 13.4 Å². The minimum atomic E-state index is -3.63. The Kier molecular flexibility index (Phi) is 5.42. The highest BCUT2D eigenvalue weighted by molar-refractivity contribution is 7.89. The normalized spacial score (nSPS) is 15.8. The monoisotopic (exact) mass is 394 g/mol. The topological polar surface area (TPSA) is 96.6 Å². The molecule has 1 aliphatic rings. The SMILES string of the molecule is C[C@@H](N)C(=O)N1CCc2ccc(S(=O)(=O)N(C)Cc3nccs3)cc2C1. The van der Waals surface area contributed by atoms with Crippen LogP contribution < -0.4 is 5.73 Å². The Labute approximate surface area is 157 Å². The molecule has 0 saturated heterocycles. The molecule has 2 heterocycles. The van der Waals surface area contributed by atoms with E-state index in [0.717, 1.165) is 16.1 Å². The van der Waals surface area contributed by atoms with Gasteiger partial charge in [0.05, 0.1) is 17.5 Å². The van der Waals surface area contributed by atoms with Crippen LogP contribution in [0.3, 0.4) is 0 Å². The highest BCUT2D eigenvalue weighted by Gasteiger charge is 2.26. The molecule has 0 spiro atoms. The molecule has 0 fully saturated rings. The average molecular weight is 395 g/mol. The van der Waals surface area contributed by atoms with Gasteiger partial charge in [-0.3, -0.25) is 4.79 Å². The first kappa shape index (κ1) is 19.0. The van der Waals surface area contributed by atoms with Crippen molar-refractivity contribution in [3.63, 3.8) is 0 Å². The first-order chi connectivity index (χ1) is 12.3. The molecule has 7 nitrogen and oxygen atoms in total. The van der Waals surface area contributed by atoms with Crippen molar-refractivity contribution in [2.45, 2.75) is 37.4 Å². The van der Waals surface area contributed by atoms with Crippen molar-refractivity contribution < 1.29 is 13.2 Å². The third-order valence-electron chi connectivity index (χ3n) is 4.44. The molecule has 0 radical (unpaired) electrons. The van der Waals surface area contributed by atoms with E-state index in [2.05, 4.69) is 4.98 Å². The first-order valence-electron chi connectivity index (χ1n) is 8.30. The van der Waals surface area contributed by atoms with Crippen molar-refractivity contribution in [3.05, 3.63) is 45.9 Å². The first-order valence-corrected chi connectivity index (χ1v) is 10.6. The number of rotatable bonds is 5. The fourth-order valence-electron chi connectivity index (χ4n) is 2.96. The van der Waals surface area contributed by atoms with Gasteiger partial charge in [0, 0.05) is 31.7 Å². The second-order valence-corrected chi connectivity index (χ2v) is 9.44. The van der Waals surface area contributed by atoms with Crippen molar-refractivity contribution in [1.29, 1.82) is 0 Å². The Morgan fingerprint density at radius 2 is 2.19 bits per heavy atom. The van der Waals surface area contributed by atoms with E-state index in [1.165, 1.54) is 15.6 Å². The number of amides is 1. The lowest BCUT2D eigenvalue weighted by Crippen LogP contribution is -2.44. The van der Waals surface area contributed by atoms with Gasteiger partial charge in [-0.15, -0.1) is 11.3 Å². The molecule has 26 heavy (non-hydrogen) atoms. The number of thiazole rings is 1. The van der Waals surface area contributed by atoms with E-state index >= 15 is 0 Å². The highest BCUT2D eigenvalue weighted by Crippen LogP contribution is 2.25. The molecule has 0 aliphatic carbocycles. The lowest BCUT2D eigenvalue weighted by atomic mass is 9.99. The fourth-order valence-corrected chi connectivity index (χ4v) is 4.89. The zero-order chi connectivity index (χ0) is 18.9. The third-order valence-corrected chi connectivity index (χ3v) is 7.00. The number of hydrogen-bond donors (Lipinski definition) is 1. The molecule has 9 heteroatoms. The zero-order valence-electron chi connectivity index (χ0n) is 14.8. The molecule has 2 aromatic rings. The molecular weight excluding hydrogens is 372 g/mol. The number of benzene rings is 1. The van der Waals surface area contributed by atoms with Crippen LogP contribution in [0.5, 0.6) is 0 Å². The molecule has 0 unspecified atom stereocenters. The van der Waals surface area contributed by atoms with Gasteiger partial charge in [0.25, 0.3) is 0 Å². The lowest BCUT2D eigenvalue weighted by molar-refractivity contribution is -0.133. The summed E-state index contributed by atoms with van der Waals surface area (Å²) in [6.07, 6.45) is 2.35. The maximum absolute atomic E-state index is 12.9. The molecule has 0 bridgehead atoms. The van der Waals surface area contributed by atoms with Crippen LogP contribution in [-0.4, -0.2) is 48.1 Å². The van der Waals surface area contributed by atoms with Crippen LogP contribution in [0.2, 0.25) is 0 Å². The van der Waals surface area contributed by atoms with Crippen molar-refractivity contribution in [3.8, 4) is 0 Å². The van der Waals surface area contributed by atoms with Gasteiger partial charge in [0.1, 0.15) is 5.01 Å². The summed E-state index contributed by atoms with van der Waals surface area (Å²) in [7, 11) is -2.09. The summed E-state index contributed by atoms with van der Waals surface area (Å²) < 4.78 is 27.0. The smallest absolute Gasteiger partial charge is 0.243 e. The number of fused-ring (bicyclic) bond motifs is 1. The summed E-state index contributed by atoms with van der Waals surface area (Å²) >= 11 is 1.42. The summed E-state index contributed by atoms with van der Waals surface area (Å²) in [4.78, 5) is 18.2. The number of nitrogens with two attached hydrogens (primary N) is 1. The molecule has 2 N–H and O–H groups in total. The van der Waals surface area contributed by atoms with E-state index in [1.807, 2.05) is 11.4 Å². The van der Waals surface area contributed by atoms with E-state index in [9.17, 15) is 13.2 Å². The van der Waals surface area contributed by atoms with E-state index in [-0.39, 0.29) is 17.3 Å². The van der Waals surface area contributed by atoms with Crippen molar-refractivity contribution in [2.75, 3.05) is 13.6 Å². The van der Waals surface area contributed by atoms with Crippen LogP contribution in [0.25, 0.3) is 0 Å². The van der Waals surface area contributed by atoms with E-state index in [4.69, 9.17) is 5.73 Å². The Balaban J connectivity index is 1.83. The number of sulfonamides is 1. The minimum Gasteiger partial charge on any atom is -0.337 e. The molecule has 3 rings (SSSR count). The van der Waals surface area contributed by atoms with Crippen LogP contribution in [-0.2, 0) is 34.3 Å². The quantitative estimate of drug-likeness (QED) is 0.822. The molecule has 1 aliphatic heterocycles. The number of carbonyl (C=O) groups excluding carboxylic acids is 1. The second-order valence-electron chi connectivity index (χ2n) is 6.42. The number of aromatic nitrogens is 1. The van der Waals surface area contributed by atoms with Gasteiger partial charge in [-0.2, -0.15) is 4.31 Å². The van der Waals surface area contributed by atoms with Crippen LogP contribution in [0.1, 0.15) is 23.1 Å². The molecule has 1 aromatic heterocycles. The van der Waals surface area contributed by atoms with Gasteiger partial charge < -0.3 is 10.6 Å². The van der Waals surface area contributed by atoms with Crippen LogP contribution in [0.4, 0.5) is 0 Å². The van der Waals surface area contributed by atoms with Crippen molar-refractivity contribution in [1.82, 2.24) is 14.2 Å². The number of carbonyl (C=O) groups is 1. The number of hydrogen-bond acceptors (Lipinski definition) is 6. The van der Waals surface area contributed by atoms with Crippen LogP contribution in [0, 0.1) is 0 Å². The summed E-state index contributed by atoms with van der Waals surface area (Å²) in [6.45, 7) is 2.87. The Morgan fingerprint density at radius 1 is 1.42 bits per heavy atom. The largest absolute Gasteiger partial charge is 0.337 e. The van der Waals surface area contributed by atoms with Crippen LogP contribution >= 0.6 is 11.3 Å². The standard InChI is InChI=1S/C17H22N4O3S2/c1-12(18)17(22)21-7-5-13-3-4-15(9-14(13)10-21)26(23,24)20(2)11-16-19-6-8-25-16/h3-4,6,8-9,12H,5,7,10-11,18H2,1-2H3/t12-/m1/s1. The van der Waals surface area contributed by atoms with Gasteiger partial charge in [0.15, 0.2) is 0 Å². The van der Waals surface area contributed by atoms with Crippen molar-refractivity contribution >= 4 is 27.3 Å². The van der Waals surface area contributed by atoms with Crippen LogP contribution in [0.15, 0.2) is 34.7 Å². The van der Waals surface area contributed by atoms with Gasteiger partial charge in [-0.1, -0.05) is 6.07 Å². The fraction of sp³-hybridized carbons (Fsp3) is 0.412. The van der Waals surface area contributed by atoms with E-state index in [1.54, 1.807) is 37.2 Å². The summed E-state index contributed by atoms with van der Waals surface area (Å²) in [5, 5.41) is 2.56. The van der Waals surface area contributed by atoms with Gasteiger partial charge in [0.2, 0.25) is 15.9 Å². The molecule has 0 saturated carbocycles. The molecule has 1 amide bonds.